The zero-order valence-corrected chi connectivity index (χ0v) is 15.1. The molecule has 1 aliphatic heterocycles. The zero-order valence-electron chi connectivity index (χ0n) is 12.7. The smallest absolute Gasteiger partial charge is 0.266 e. The predicted molar refractivity (Wildman–Crippen MR) is 97.9 cm³/mol. The molecule has 1 fully saturated rings. The fourth-order valence-electron chi connectivity index (χ4n) is 1.84. The molecule has 1 aromatic carbocycles. The van der Waals surface area contributed by atoms with Crippen molar-refractivity contribution < 1.29 is 14.4 Å². The van der Waals surface area contributed by atoms with Crippen molar-refractivity contribution in [2.75, 3.05) is 6.54 Å². The lowest BCUT2D eigenvalue weighted by Crippen LogP contribution is -2.42. The Labute approximate surface area is 153 Å². The van der Waals surface area contributed by atoms with E-state index < -0.39 is 5.91 Å². The van der Waals surface area contributed by atoms with Gasteiger partial charge in [0.2, 0.25) is 11.8 Å². The molecule has 0 atom stereocenters. The van der Waals surface area contributed by atoms with Crippen LogP contribution >= 0.6 is 35.6 Å². The summed E-state index contributed by atoms with van der Waals surface area (Å²) in [6, 6.07) is 7.08. The molecule has 3 amide bonds. The van der Waals surface area contributed by atoms with Crippen molar-refractivity contribution in [2.24, 2.45) is 0 Å². The zero-order chi connectivity index (χ0) is 17.7. The SMILES string of the molecule is CC(=O)NNC(=O)CCN1C(=O)C(=Cc2ccc(Cl)cc2)SC1=S. The van der Waals surface area contributed by atoms with E-state index in [9.17, 15) is 14.4 Å². The number of nitrogens with one attached hydrogen (secondary N) is 2. The Bertz CT molecular complexity index is 719. The fourth-order valence-corrected chi connectivity index (χ4v) is 3.27. The lowest BCUT2D eigenvalue weighted by Gasteiger charge is -2.14. The first kappa shape index (κ1) is 18.4. The van der Waals surface area contributed by atoms with Gasteiger partial charge in [-0.15, -0.1) is 0 Å². The van der Waals surface area contributed by atoms with Crippen LogP contribution in [0.5, 0.6) is 0 Å². The number of rotatable bonds is 4. The van der Waals surface area contributed by atoms with E-state index in [1.54, 1.807) is 30.3 Å². The summed E-state index contributed by atoms with van der Waals surface area (Å²) in [5.74, 6) is -1.02. The summed E-state index contributed by atoms with van der Waals surface area (Å²) in [6.45, 7) is 1.43. The summed E-state index contributed by atoms with van der Waals surface area (Å²) in [5.41, 5.74) is 5.26. The molecule has 126 valence electrons. The molecule has 1 saturated heterocycles. The van der Waals surface area contributed by atoms with Crippen molar-refractivity contribution in [1.29, 1.82) is 0 Å². The van der Waals surface area contributed by atoms with Gasteiger partial charge in [0.1, 0.15) is 4.32 Å². The van der Waals surface area contributed by atoms with Crippen molar-refractivity contribution in [3.63, 3.8) is 0 Å². The largest absolute Gasteiger partial charge is 0.292 e. The number of hydrogen-bond acceptors (Lipinski definition) is 5. The second-order valence-electron chi connectivity index (χ2n) is 4.86. The van der Waals surface area contributed by atoms with Crippen LogP contribution in [0, 0.1) is 0 Å². The number of hydrazine groups is 1. The fraction of sp³-hybridized carbons (Fsp3) is 0.200. The highest BCUT2D eigenvalue weighted by molar-refractivity contribution is 8.26. The van der Waals surface area contributed by atoms with Crippen molar-refractivity contribution in [3.8, 4) is 0 Å². The summed E-state index contributed by atoms with van der Waals surface area (Å²) in [4.78, 5) is 36.5. The molecular weight excluding hydrogens is 370 g/mol. The second-order valence-corrected chi connectivity index (χ2v) is 6.98. The molecule has 0 spiro atoms. The Morgan fingerprint density at radius 2 is 1.96 bits per heavy atom. The minimum absolute atomic E-state index is 0.0287. The van der Waals surface area contributed by atoms with E-state index >= 15 is 0 Å². The summed E-state index contributed by atoms with van der Waals surface area (Å²) >= 11 is 12.2. The Morgan fingerprint density at radius 1 is 1.29 bits per heavy atom. The van der Waals surface area contributed by atoms with Gasteiger partial charge in [-0.25, -0.2) is 0 Å². The van der Waals surface area contributed by atoms with Gasteiger partial charge in [0.15, 0.2) is 0 Å². The van der Waals surface area contributed by atoms with Crippen LogP contribution in [0.15, 0.2) is 29.2 Å². The van der Waals surface area contributed by atoms with Crippen LogP contribution in [-0.2, 0) is 14.4 Å². The summed E-state index contributed by atoms with van der Waals surface area (Å²) < 4.78 is 0.396. The molecule has 2 rings (SSSR count). The molecule has 0 bridgehead atoms. The van der Waals surface area contributed by atoms with Gasteiger partial charge < -0.3 is 0 Å². The summed E-state index contributed by atoms with van der Waals surface area (Å²) in [6.07, 6.45) is 1.76. The van der Waals surface area contributed by atoms with Crippen LogP contribution in [0.2, 0.25) is 5.02 Å². The predicted octanol–water partition coefficient (Wildman–Crippen LogP) is 2.10. The van der Waals surface area contributed by atoms with E-state index in [2.05, 4.69) is 10.9 Å². The number of hydrogen-bond donors (Lipinski definition) is 2. The van der Waals surface area contributed by atoms with Crippen LogP contribution in [-0.4, -0.2) is 33.5 Å². The summed E-state index contributed by atoms with van der Waals surface area (Å²) in [5, 5.41) is 0.616. The van der Waals surface area contributed by atoms with E-state index in [0.29, 0.717) is 14.2 Å². The third-order valence-corrected chi connectivity index (χ3v) is 4.61. The van der Waals surface area contributed by atoms with Crippen LogP contribution in [0.1, 0.15) is 18.9 Å². The van der Waals surface area contributed by atoms with E-state index in [0.717, 1.165) is 5.56 Å². The first-order valence-corrected chi connectivity index (χ1v) is 8.53. The average molecular weight is 384 g/mol. The number of thioether (sulfide) groups is 1. The lowest BCUT2D eigenvalue weighted by atomic mass is 10.2. The van der Waals surface area contributed by atoms with Gasteiger partial charge >= 0.3 is 0 Å². The molecule has 0 aromatic heterocycles. The Morgan fingerprint density at radius 3 is 2.58 bits per heavy atom. The van der Waals surface area contributed by atoms with Crippen LogP contribution in [0.3, 0.4) is 0 Å². The second kappa shape index (κ2) is 8.27. The third kappa shape index (κ3) is 5.05. The van der Waals surface area contributed by atoms with Gasteiger partial charge in [0.05, 0.1) is 4.91 Å². The summed E-state index contributed by atoms with van der Waals surface area (Å²) in [7, 11) is 0. The van der Waals surface area contributed by atoms with Gasteiger partial charge in [-0.1, -0.05) is 47.7 Å². The average Bonchev–Trinajstić information content (AvgIpc) is 2.79. The number of carbonyl (C=O) groups is 3. The third-order valence-electron chi connectivity index (χ3n) is 2.98. The molecule has 0 saturated carbocycles. The van der Waals surface area contributed by atoms with E-state index in [-0.39, 0.29) is 24.8 Å². The monoisotopic (exact) mass is 383 g/mol. The molecule has 6 nitrogen and oxygen atoms in total. The Balaban J connectivity index is 1.97. The molecule has 2 N–H and O–H groups in total. The maximum absolute atomic E-state index is 12.4. The highest BCUT2D eigenvalue weighted by Gasteiger charge is 2.32. The maximum atomic E-state index is 12.4. The first-order chi connectivity index (χ1) is 11.4. The normalized spacial score (nSPS) is 15.8. The minimum Gasteiger partial charge on any atom is -0.292 e. The van der Waals surface area contributed by atoms with Crippen LogP contribution < -0.4 is 10.9 Å². The molecule has 0 unspecified atom stereocenters. The highest BCUT2D eigenvalue weighted by Crippen LogP contribution is 2.32. The van der Waals surface area contributed by atoms with E-state index in [1.165, 1.54) is 23.6 Å². The van der Waals surface area contributed by atoms with Crippen molar-refractivity contribution >= 4 is 63.7 Å². The van der Waals surface area contributed by atoms with E-state index in [1.807, 2.05) is 0 Å². The molecule has 9 heteroatoms. The number of halogens is 1. The van der Waals surface area contributed by atoms with Gasteiger partial charge in [0.25, 0.3) is 5.91 Å². The van der Waals surface area contributed by atoms with Crippen LogP contribution in [0.4, 0.5) is 0 Å². The molecular formula is C15H14ClN3O3S2. The molecule has 1 aromatic rings. The van der Waals surface area contributed by atoms with Crippen LogP contribution in [0.25, 0.3) is 6.08 Å². The topological polar surface area (TPSA) is 78.5 Å². The first-order valence-electron chi connectivity index (χ1n) is 6.93. The lowest BCUT2D eigenvalue weighted by molar-refractivity contribution is -0.128. The molecule has 24 heavy (non-hydrogen) atoms. The van der Waals surface area contributed by atoms with Gasteiger partial charge in [-0.2, -0.15) is 0 Å². The highest BCUT2D eigenvalue weighted by atomic mass is 35.5. The number of carbonyl (C=O) groups excluding carboxylic acids is 3. The Kier molecular flexibility index (Phi) is 6.36. The molecule has 1 aliphatic rings. The number of amides is 3. The number of thiocarbonyl (C=S) groups is 1. The van der Waals surface area contributed by atoms with E-state index in [4.69, 9.17) is 23.8 Å². The standard InChI is InChI=1S/C15H14ClN3O3S2/c1-9(20)17-18-13(21)6-7-19-14(22)12(24-15(19)23)8-10-2-4-11(16)5-3-10/h2-5,8H,6-7H2,1H3,(H,17,20)(H,18,21). The minimum atomic E-state index is -0.402. The quantitative estimate of drug-likeness (QED) is 0.473. The number of benzene rings is 1. The van der Waals surface area contributed by atoms with Crippen molar-refractivity contribution in [2.45, 2.75) is 13.3 Å². The maximum Gasteiger partial charge on any atom is 0.266 e. The van der Waals surface area contributed by atoms with Gasteiger partial charge in [-0.05, 0) is 23.8 Å². The molecule has 0 aliphatic carbocycles. The molecule has 0 radical (unpaired) electrons. The number of nitrogens with zero attached hydrogens (tertiary/aromatic N) is 1. The van der Waals surface area contributed by atoms with Crippen molar-refractivity contribution in [1.82, 2.24) is 15.8 Å². The van der Waals surface area contributed by atoms with Crippen molar-refractivity contribution in [3.05, 3.63) is 39.8 Å². The molecule has 1 heterocycles. The van der Waals surface area contributed by atoms with Gasteiger partial charge in [-0.3, -0.25) is 30.1 Å². The van der Waals surface area contributed by atoms with Gasteiger partial charge in [0, 0.05) is 24.9 Å². The Hall–Kier alpha value is -1.90.